The molecule has 0 bridgehead atoms. The molecular weight excluding hydrogens is 380 g/mol. The zero-order chi connectivity index (χ0) is 21.1. The standard InChI is InChI=1S/C23H24N4O3/c1-15(28)24-18-9-5-4-8-17(18)21-22(29)26-20-14-16(10-11-19(20)25-21)23(30)27-12-6-2-3-7-13-27/h4-5,8-11,14H,2-3,6-7,12-13H2,1H3,(H,24,28)(H,26,29). The minimum absolute atomic E-state index is 0.0141. The molecule has 0 saturated carbocycles. The summed E-state index contributed by atoms with van der Waals surface area (Å²) in [4.78, 5) is 46.4. The molecular formula is C23H24N4O3. The van der Waals surface area contributed by atoms with Gasteiger partial charge in [0.25, 0.3) is 11.5 Å². The predicted molar refractivity (Wildman–Crippen MR) is 116 cm³/mol. The van der Waals surface area contributed by atoms with Crippen molar-refractivity contribution in [3.63, 3.8) is 0 Å². The van der Waals surface area contributed by atoms with Crippen LogP contribution in [-0.2, 0) is 4.79 Å². The highest BCUT2D eigenvalue weighted by atomic mass is 16.2. The maximum Gasteiger partial charge on any atom is 0.275 e. The summed E-state index contributed by atoms with van der Waals surface area (Å²) < 4.78 is 0. The zero-order valence-corrected chi connectivity index (χ0v) is 16.9. The summed E-state index contributed by atoms with van der Waals surface area (Å²) in [6.07, 6.45) is 4.35. The van der Waals surface area contributed by atoms with Crippen molar-refractivity contribution in [3.05, 3.63) is 58.4 Å². The Labute approximate surface area is 174 Å². The minimum atomic E-state index is -0.375. The topological polar surface area (TPSA) is 95.2 Å². The van der Waals surface area contributed by atoms with Crippen molar-refractivity contribution in [1.29, 1.82) is 0 Å². The number of carbonyl (C=O) groups is 2. The van der Waals surface area contributed by atoms with Crippen LogP contribution in [0.3, 0.4) is 0 Å². The molecule has 4 rings (SSSR count). The number of aromatic nitrogens is 2. The average Bonchev–Trinajstić information content (AvgIpc) is 3.02. The summed E-state index contributed by atoms with van der Waals surface area (Å²) in [7, 11) is 0. The van der Waals surface area contributed by atoms with Crippen LogP contribution >= 0.6 is 0 Å². The molecule has 1 aromatic heterocycles. The Morgan fingerprint density at radius 3 is 2.50 bits per heavy atom. The summed E-state index contributed by atoms with van der Waals surface area (Å²) in [6.45, 7) is 2.95. The van der Waals surface area contributed by atoms with Crippen LogP contribution in [0.1, 0.15) is 43.0 Å². The number of hydrogen-bond donors (Lipinski definition) is 2. The Balaban J connectivity index is 1.71. The fraction of sp³-hybridized carbons (Fsp3) is 0.304. The van der Waals surface area contributed by atoms with Gasteiger partial charge in [0.1, 0.15) is 5.69 Å². The Morgan fingerprint density at radius 1 is 1.03 bits per heavy atom. The number of rotatable bonds is 3. The number of benzene rings is 2. The first-order chi connectivity index (χ1) is 14.5. The molecule has 1 aliphatic rings. The maximum atomic E-state index is 12.9. The van der Waals surface area contributed by atoms with Gasteiger partial charge in [-0.05, 0) is 37.1 Å². The number of nitrogens with one attached hydrogen (secondary N) is 2. The fourth-order valence-electron chi connectivity index (χ4n) is 3.85. The second-order valence-corrected chi connectivity index (χ2v) is 7.58. The molecule has 0 spiro atoms. The van der Waals surface area contributed by atoms with Crippen LogP contribution in [0.2, 0.25) is 0 Å². The SMILES string of the molecule is CC(=O)Nc1ccccc1-c1nc2ccc(C(=O)N3CCCCCC3)cc2[nH]c1=O. The summed E-state index contributed by atoms with van der Waals surface area (Å²) in [5, 5.41) is 2.73. The highest BCUT2D eigenvalue weighted by Gasteiger charge is 2.18. The first-order valence-electron chi connectivity index (χ1n) is 10.2. The third kappa shape index (κ3) is 4.10. The van der Waals surface area contributed by atoms with Crippen molar-refractivity contribution in [3.8, 4) is 11.3 Å². The minimum Gasteiger partial charge on any atom is -0.339 e. The first-order valence-corrected chi connectivity index (χ1v) is 10.2. The highest BCUT2D eigenvalue weighted by molar-refractivity contribution is 5.98. The number of amides is 2. The number of carbonyl (C=O) groups excluding carboxylic acids is 2. The van der Waals surface area contributed by atoms with Crippen LogP contribution in [0, 0.1) is 0 Å². The van der Waals surface area contributed by atoms with E-state index in [0.29, 0.717) is 27.8 Å². The van der Waals surface area contributed by atoms with E-state index in [-0.39, 0.29) is 23.1 Å². The molecule has 30 heavy (non-hydrogen) atoms. The van der Waals surface area contributed by atoms with Gasteiger partial charge in [-0.15, -0.1) is 0 Å². The average molecular weight is 404 g/mol. The lowest BCUT2D eigenvalue weighted by molar-refractivity contribution is -0.114. The Hall–Kier alpha value is -3.48. The van der Waals surface area contributed by atoms with E-state index in [1.165, 1.54) is 6.92 Å². The molecule has 2 aromatic carbocycles. The predicted octanol–water partition coefficient (Wildman–Crippen LogP) is 3.56. The Morgan fingerprint density at radius 2 is 1.77 bits per heavy atom. The van der Waals surface area contributed by atoms with Crippen LogP contribution in [0.15, 0.2) is 47.3 Å². The number of para-hydroxylation sites is 1. The Kier molecular flexibility index (Phi) is 5.61. The highest BCUT2D eigenvalue weighted by Crippen LogP contribution is 2.25. The summed E-state index contributed by atoms with van der Waals surface area (Å²) in [5.41, 5.74) is 2.55. The second-order valence-electron chi connectivity index (χ2n) is 7.58. The fourth-order valence-corrected chi connectivity index (χ4v) is 3.85. The lowest BCUT2D eigenvalue weighted by Gasteiger charge is -2.20. The van der Waals surface area contributed by atoms with Crippen LogP contribution in [0.5, 0.6) is 0 Å². The molecule has 0 atom stereocenters. The van der Waals surface area contributed by atoms with Gasteiger partial charge in [-0.2, -0.15) is 0 Å². The van der Waals surface area contributed by atoms with E-state index in [4.69, 9.17) is 0 Å². The van der Waals surface area contributed by atoms with E-state index in [9.17, 15) is 14.4 Å². The maximum absolute atomic E-state index is 12.9. The van der Waals surface area contributed by atoms with Gasteiger partial charge in [0.15, 0.2) is 0 Å². The molecule has 7 nitrogen and oxygen atoms in total. The van der Waals surface area contributed by atoms with Gasteiger partial charge < -0.3 is 15.2 Å². The molecule has 0 radical (unpaired) electrons. The van der Waals surface area contributed by atoms with Gasteiger partial charge in [-0.1, -0.05) is 31.0 Å². The molecule has 1 fully saturated rings. The van der Waals surface area contributed by atoms with E-state index >= 15 is 0 Å². The largest absolute Gasteiger partial charge is 0.339 e. The third-order valence-electron chi connectivity index (χ3n) is 5.33. The number of fused-ring (bicyclic) bond motifs is 1. The summed E-state index contributed by atoms with van der Waals surface area (Å²) >= 11 is 0. The number of nitrogens with zero attached hydrogens (tertiary/aromatic N) is 2. The molecule has 2 N–H and O–H groups in total. The van der Waals surface area contributed by atoms with Crippen molar-refractivity contribution >= 4 is 28.5 Å². The number of H-pyrrole nitrogens is 1. The number of aromatic amines is 1. The van der Waals surface area contributed by atoms with Crippen LogP contribution in [-0.4, -0.2) is 39.8 Å². The molecule has 1 aliphatic heterocycles. The van der Waals surface area contributed by atoms with Gasteiger partial charge in [-0.3, -0.25) is 14.4 Å². The number of hydrogen-bond acceptors (Lipinski definition) is 4. The third-order valence-corrected chi connectivity index (χ3v) is 5.33. The first kappa shape index (κ1) is 19.8. The summed E-state index contributed by atoms with van der Waals surface area (Å²) in [6, 6.07) is 12.2. The molecule has 0 aliphatic carbocycles. The smallest absolute Gasteiger partial charge is 0.275 e. The van der Waals surface area contributed by atoms with E-state index in [2.05, 4.69) is 15.3 Å². The van der Waals surface area contributed by atoms with Crippen molar-refractivity contribution in [2.75, 3.05) is 18.4 Å². The van der Waals surface area contributed by atoms with Crippen LogP contribution in [0.25, 0.3) is 22.3 Å². The van der Waals surface area contributed by atoms with Crippen molar-refractivity contribution in [2.45, 2.75) is 32.6 Å². The van der Waals surface area contributed by atoms with Crippen molar-refractivity contribution in [2.24, 2.45) is 0 Å². The van der Waals surface area contributed by atoms with E-state index < -0.39 is 0 Å². The van der Waals surface area contributed by atoms with Gasteiger partial charge >= 0.3 is 0 Å². The lowest BCUT2D eigenvalue weighted by Crippen LogP contribution is -2.31. The van der Waals surface area contributed by atoms with E-state index in [0.717, 1.165) is 38.8 Å². The monoisotopic (exact) mass is 404 g/mol. The second kappa shape index (κ2) is 8.49. The zero-order valence-electron chi connectivity index (χ0n) is 16.9. The lowest BCUT2D eigenvalue weighted by atomic mass is 10.1. The molecule has 3 aromatic rings. The molecule has 2 amide bonds. The molecule has 7 heteroatoms. The normalized spacial score (nSPS) is 14.4. The van der Waals surface area contributed by atoms with Gasteiger partial charge in [0.05, 0.1) is 16.7 Å². The molecule has 0 unspecified atom stereocenters. The van der Waals surface area contributed by atoms with Crippen molar-refractivity contribution < 1.29 is 9.59 Å². The number of likely N-dealkylation sites (tertiary alicyclic amines) is 1. The van der Waals surface area contributed by atoms with Crippen LogP contribution in [0.4, 0.5) is 5.69 Å². The van der Waals surface area contributed by atoms with Gasteiger partial charge in [-0.25, -0.2) is 4.98 Å². The summed E-state index contributed by atoms with van der Waals surface area (Å²) in [5.74, 6) is -0.240. The van der Waals surface area contributed by atoms with E-state index in [1.807, 2.05) is 4.90 Å². The van der Waals surface area contributed by atoms with E-state index in [1.54, 1.807) is 42.5 Å². The number of anilines is 1. The molecule has 2 heterocycles. The van der Waals surface area contributed by atoms with Crippen LogP contribution < -0.4 is 10.9 Å². The van der Waals surface area contributed by atoms with Crippen molar-refractivity contribution in [1.82, 2.24) is 14.9 Å². The quantitative estimate of drug-likeness (QED) is 0.698. The Bertz CT molecular complexity index is 1160. The van der Waals surface area contributed by atoms with Gasteiger partial charge in [0, 0.05) is 31.1 Å². The molecule has 1 saturated heterocycles. The van der Waals surface area contributed by atoms with Gasteiger partial charge in [0.2, 0.25) is 5.91 Å². The molecule has 154 valence electrons.